The monoisotopic (exact) mass is 590 g/mol. The van der Waals surface area contributed by atoms with Crippen LogP contribution in [0.4, 0.5) is 10.5 Å². The van der Waals surface area contributed by atoms with E-state index in [4.69, 9.17) is 4.74 Å². The van der Waals surface area contributed by atoms with Gasteiger partial charge in [0.2, 0.25) is 0 Å². The number of anilines is 1. The lowest BCUT2D eigenvalue weighted by Gasteiger charge is -2.43. The van der Waals surface area contributed by atoms with Crippen LogP contribution in [0.15, 0.2) is 72.8 Å². The molecule has 4 atom stereocenters. The molecule has 0 bridgehead atoms. The Labute approximate surface area is 261 Å². The number of likely N-dealkylation sites (N-methyl/N-ethyl adjacent to an activating group) is 1. The number of rotatable bonds is 6. The number of aromatic nitrogens is 1. The summed E-state index contributed by atoms with van der Waals surface area (Å²) in [7, 11) is 0. The van der Waals surface area contributed by atoms with Crippen LogP contribution in [0.2, 0.25) is 0 Å². The second kappa shape index (κ2) is 12.7. The molecule has 0 radical (unpaired) electrons. The van der Waals surface area contributed by atoms with E-state index in [2.05, 4.69) is 94.9 Å². The van der Waals surface area contributed by atoms with Crippen molar-refractivity contribution in [1.29, 1.82) is 0 Å². The lowest BCUT2D eigenvalue weighted by molar-refractivity contribution is 0.107. The maximum absolute atomic E-state index is 12.8. The van der Waals surface area contributed by atoms with Crippen LogP contribution < -0.4 is 5.32 Å². The van der Waals surface area contributed by atoms with E-state index < -0.39 is 0 Å². The highest BCUT2D eigenvalue weighted by atomic mass is 16.6. The summed E-state index contributed by atoms with van der Waals surface area (Å²) in [5, 5.41) is 5.29. The van der Waals surface area contributed by atoms with Crippen molar-refractivity contribution in [2.24, 2.45) is 0 Å². The highest BCUT2D eigenvalue weighted by Crippen LogP contribution is 2.46. The predicted octanol–water partition coefficient (Wildman–Crippen LogP) is 7.70. The Morgan fingerprint density at radius 3 is 2.64 bits per heavy atom. The van der Waals surface area contributed by atoms with Crippen molar-refractivity contribution in [3.63, 3.8) is 0 Å². The Kier molecular flexibility index (Phi) is 8.35. The maximum Gasteiger partial charge on any atom is 0.409 e. The van der Waals surface area contributed by atoms with Crippen molar-refractivity contribution in [1.82, 2.24) is 14.8 Å². The first-order valence-electron chi connectivity index (χ1n) is 16.8. The van der Waals surface area contributed by atoms with E-state index in [-0.39, 0.29) is 12.0 Å². The zero-order valence-corrected chi connectivity index (χ0v) is 26.2. The fourth-order valence-corrected chi connectivity index (χ4v) is 8.33. The minimum Gasteiger partial charge on any atom is -0.450 e. The van der Waals surface area contributed by atoms with Gasteiger partial charge in [-0.3, -0.25) is 4.90 Å². The molecule has 44 heavy (non-hydrogen) atoms. The molecule has 2 N–H and O–H groups in total. The van der Waals surface area contributed by atoms with Crippen LogP contribution in [0.3, 0.4) is 0 Å². The van der Waals surface area contributed by atoms with Crippen LogP contribution in [0.5, 0.6) is 0 Å². The molecule has 3 aromatic carbocycles. The molecule has 1 fully saturated rings. The number of H-pyrrole nitrogens is 1. The molecule has 1 amide bonds. The van der Waals surface area contributed by atoms with Gasteiger partial charge in [0.25, 0.3) is 0 Å². The minimum absolute atomic E-state index is 0.192. The molecule has 7 rings (SSSR count). The van der Waals surface area contributed by atoms with Crippen LogP contribution in [-0.4, -0.2) is 65.7 Å². The molecular formula is C38H46N4O2. The number of piperidine rings is 1. The molecule has 6 nitrogen and oxygen atoms in total. The summed E-state index contributed by atoms with van der Waals surface area (Å²) < 4.78 is 5.42. The van der Waals surface area contributed by atoms with Crippen LogP contribution in [0, 0.1) is 0 Å². The van der Waals surface area contributed by atoms with E-state index in [0.29, 0.717) is 31.2 Å². The Morgan fingerprint density at radius 2 is 1.80 bits per heavy atom. The number of nitrogens with zero attached hydrogens (tertiary/aromatic N) is 2. The van der Waals surface area contributed by atoms with Gasteiger partial charge >= 0.3 is 6.09 Å². The molecule has 4 aromatic rings. The lowest BCUT2D eigenvalue weighted by atomic mass is 9.80. The van der Waals surface area contributed by atoms with Gasteiger partial charge in [-0.2, -0.15) is 0 Å². The van der Waals surface area contributed by atoms with Crippen molar-refractivity contribution in [2.75, 3.05) is 38.1 Å². The summed E-state index contributed by atoms with van der Waals surface area (Å²) in [4.78, 5) is 21.2. The average molecular weight is 591 g/mol. The summed E-state index contributed by atoms with van der Waals surface area (Å²) in [6, 6.07) is 27.8. The van der Waals surface area contributed by atoms with Gasteiger partial charge in [0, 0.05) is 59.3 Å². The normalized spacial score (nSPS) is 23.5. The number of nitrogens with one attached hydrogen (secondary N) is 2. The summed E-state index contributed by atoms with van der Waals surface area (Å²) in [5.74, 6) is 0.792. The van der Waals surface area contributed by atoms with E-state index in [1.165, 1.54) is 57.4 Å². The van der Waals surface area contributed by atoms with E-state index in [1.54, 1.807) is 0 Å². The predicted molar refractivity (Wildman–Crippen MR) is 179 cm³/mol. The quantitative estimate of drug-likeness (QED) is 0.242. The highest BCUT2D eigenvalue weighted by molar-refractivity contribution is 5.85. The second-order valence-electron chi connectivity index (χ2n) is 12.8. The third kappa shape index (κ3) is 5.49. The highest BCUT2D eigenvalue weighted by Gasteiger charge is 2.43. The van der Waals surface area contributed by atoms with Gasteiger partial charge in [-0.15, -0.1) is 0 Å². The zero-order chi connectivity index (χ0) is 30.0. The number of hydrogen-bond donors (Lipinski definition) is 2. The number of benzene rings is 3. The number of likely N-dealkylation sites (tertiary alicyclic amines) is 1. The molecular weight excluding hydrogens is 544 g/mol. The third-order valence-corrected chi connectivity index (χ3v) is 10.5. The first-order chi connectivity index (χ1) is 21.6. The van der Waals surface area contributed by atoms with E-state index in [9.17, 15) is 4.79 Å². The number of hydrogen-bond acceptors (Lipinski definition) is 4. The summed E-state index contributed by atoms with van der Waals surface area (Å²) in [6.07, 6.45) is 6.03. The van der Waals surface area contributed by atoms with Crippen LogP contribution in [0.25, 0.3) is 10.9 Å². The SMILES string of the molecule is CCOC(=O)N1CCCC(c2ccc3c(c2)C2CCN(CC)C(CCc4ccccc4)C2N3)c2[nH]c3ccccc3c2CC1. The van der Waals surface area contributed by atoms with Crippen LogP contribution in [0.1, 0.15) is 79.3 Å². The Morgan fingerprint density at radius 1 is 0.955 bits per heavy atom. The zero-order valence-electron chi connectivity index (χ0n) is 26.2. The van der Waals surface area contributed by atoms with Crippen LogP contribution >= 0.6 is 0 Å². The molecule has 0 aliphatic carbocycles. The van der Waals surface area contributed by atoms with E-state index in [0.717, 1.165) is 45.3 Å². The Bertz CT molecular complexity index is 1600. The Hall–Kier alpha value is -3.77. The number of aryl methyl sites for hydroxylation is 1. The Balaban J connectivity index is 1.19. The van der Waals surface area contributed by atoms with Crippen molar-refractivity contribution in [3.05, 3.63) is 101 Å². The maximum atomic E-state index is 12.8. The molecule has 0 spiro atoms. The first kappa shape index (κ1) is 29.0. The van der Waals surface area contributed by atoms with E-state index >= 15 is 0 Å². The fourth-order valence-electron chi connectivity index (χ4n) is 8.33. The standard InChI is InChI=1S/C38H46N4O2/c1-3-41-23-20-31-32-25-27(17-18-34(32)40-37(31)35(41)19-16-26-11-6-5-7-12-26)28-14-10-22-42(38(43)44-4-2)24-21-30-29-13-8-9-15-33(29)39-36(28)30/h5-9,11-13,15,17-18,25,28,31,35,37,39-40H,3-4,10,14,16,19-24H2,1-2H3. The van der Waals surface area contributed by atoms with Crippen molar-refractivity contribution >= 4 is 22.7 Å². The van der Waals surface area contributed by atoms with Crippen molar-refractivity contribution in [3.8, 4) is 0 Å². The molecule has 0 saturated carbocycles. The van der Waals surface area contributed by atoms with Crippen LogP contribution in [-0.2, 0) is 17.6 Å². The number of carbonyl (C=O) groups is 1. The molecule has 3 aliphatic rings. The second-order valence-corrected chi connectivity index (χ2v) is 12.8. The summed E-state index contributed by atoms with van der Waals surface area (Å²) >= 11 is 0. The number of fused-ring (bicyclic) bond motifs is 6. The third-order valence-electron chi connectivity index (χ3n) is 10.5. The number of amides is 1. The number of aromatic amines is 1. The number of carbonyl (C=O) groups excluding carboxylic acids is 1. The molecule has 6 heteroatoms. The topological polar surface area (TPSA) is 60.6 Å². The minimum atomic E-state index is -0.192. The van der Waals surface area contributed by atoms with Crippen molar-refractivity contribution in [2.45, 2.75) is 76.3 Å². The smallest absolute Gasteiger partial charge is 0.409 e. The fraction of sp³-hybridized carbons (Fsp3) is 0.447. The first-order valence-corrected chi connectivity index (χ1v) is 16.8. The average Bonchev–Trinajstić information content (AvgIpc) is 3.63. The van der Waals surface area contributed by atoms with Gasteiger partial charge in [-0.1, -0.05) is 67.6 Å². The largest absolute Gasteiger partial charge is 0.450 e. The summed E-state index contributed by atoms with van der Waals surface area (Å²) in [6.45, 7) is 8.26. The molecule has 230 valence electrons. The number of para-hydroxylation sites is 1. The van der Waals surface area contributed by atoms with Gasteiger partial charge in [-0.05, 0) is 92.9 Å². The molecule has 4 unspecified atom stereocenters. The van der Waals surface area contributed by atoms with Crippen molar-refractivity contribution < 1.29 is 9.53 Å². The summed E-state index contributed by atoms with van der Waals surface area (Å²) in [5.41, 5.74) is 9.48. The molecule has 4 heterocycles. The number of ether oxygens (including phenoxy) is 1. The lowest BCUT2D eigenvalue weighted by Crippen LogP contribution is -2.52. The van der Waals surface area contributed by atoms with Gasteiger partial charge in [-0.25, -0.2) is 4.79 Å². The van der Waals surface area contributed by atoms with Gasteiger partial charge in [0.15, 0.2) is 0 Å². The molecule has 1 saturated heterocycles. The van der Waals surface area contributed by atoms with E-state index in [1.807, 2.05) is 11.8 Å². The van der Waals surface area contributed by atoms with Gasteiger partial charge in [0.05, 0.1) is 6.61 Å². The molecule has 3 aliphatic heterocycles. The van der Waals surface area contributed by atoms with Gasteiger partial charge in [0.1, 0.15) is 0 Å². The van der Waals surface area contributed by atoms with Gasteiger partial charge < -0.3 is 19.9 Å². The molecule has 1 aromatic heterocycles.